The quantitative estimate of drug-likeness (QED) is 0.228. The zero-order valence-electron chi connectivity index (χ0n) is 27.9. The Morgan fingerprint density at radius 1 is 1.06 bits per heavy atom. The van der Waals surface area contributed by atoms with E-state index >= 15 is 0 Å². The first-order valence-corrected chi connectivity index (χ1v) is 16.4. The number of amides is 4. The fourth-order valence-electron chi connectivity index (χ4n) is 7.10. The van der Waals surface area contributed by atoms with Gasteiger partial charge in [-0.15, -0.1) is 6.58 Å². The summed E-state index contributed by atoms with van der Waals surface area (Å²) in [4.78, 5) is 68.7. The first-order valence-electron chi connectivity index (χ1n) is 16.4. The minimum atomic E-state index is -2.85. The average Bonchev–Trinajstić information content (AvgIpc) is 3.31. The smallest absolute Gasteiger partial charge is 0.408 e. The number of ether oxygens (including phenoxy) is 1. The van der Waals surface area contributed by atoms with E-state index < -0.39 is 78.0 Å². The molecule has 0 radical (unpaired) electrons. The van der Waals surface area contributed by atoms with Crippen LogP contribution in [0.25, 0.3) is 0 Å². The molecule has 258 valence electrons. The zero-order chi connectivity index (χ0) is 34.7. The second-order valence-corrected chi connectivity index (χ2v) is 14.7. The van der Waals surface area contributed by atoms with Crippen LogP contribution in [0.5, 0.6) is 0 Å². The van der Waals surface area contributed by atoms with Crippen molar-refractivity contribution in [2.75, 3.05) is 13.1 Å². The lowest BCUT2D eigenvalue weighted by Crippen LogP contribution is -2.60. The van der Waals surface area contributed by atoms with Crippen LogP contribution in [0, 0.1) is 23.2 Å². The van der Waals surface area contributed by atoms with Crippen LogP contribution in [-0.4, -0.2) is 77.2 Å². The summed E-state index contributed by atoms with van der Waals surface area (Å²) in [6.45, 7) is 12.9. The highest BCUT2D eigenvalue weighted by molar-refractivity contribution is 6.38. The topological polar surface area (TPSA) is 134 Å². The molecule has 4 rings (SSSR count). The molecule has 3 aliphatic rings. The summed E-state index contributed by atoms with van der Waals surface area (Å²) in [6.07, 6.45) is 0.331. The lowest BCUT2D eigenvalue weighted by atomic mass is 9.81. The van der Waals surface area contributed by atoms with Crippen molar-refractivity contribution in [3.63, 3.8) is 0 Å². The van der Waals surface area contributed by atoms with E-state index in [1.54, 1.807) is 20.8 Å². The van der Waals surface area contributed by atoms with Gasteiger partial charge in [0, 0.05) is 25.9 Å². The van der Waals surface area contributed by atoms with Crippen LogP contribution in [0.3, 0.4) is 0 Å². The van der Waals surface area contributed by atoms with Crippen LogP contribution in [0.15, 0.2) is 43.0 Å². The highest BCUT2D eigenvalue weighted by atomic mass is 19.3. The molecule has 12 heteroatoms. The number of carbonyl (C=O) groups excluding carboxylic acids is 5. The SMILES string of the molecule is C=CCNC(=O)C(=O)C(CCc1ccccc1)NC(=O)C1[C@@H]2[C@H](CN1C(=O)C(NC(=O)OC(C)(C)C)C1CCC(F)(F)CC1)C2(C)C. The predicted molar refractivity (Wildman–Crippen MR) is 171 cm³/mol. The van der Waals surface area contributed by atoms with Crippen LogP contribution in [-0.2, 0) is 30.3 Å². The number of hydrogen-bond acceptors (Lipinski definition) is 6. The normalized spacial score (nSPS) is 24.2. The van der Waals surface area contributed by atoms with Gasteiger partial charge >= 0.3 is 6.09 Å². The molecule has 1 heterocycles. The Hall–Kier alpha value is -3.83. The molecule has 0 bridgehead atoms. The summed E-state index contributed by atoms with van der Waals surface area (Å²) in [5.41, 5.74) is -0.218. The number of likely N-dealkylation sites (tertiary alicyclic amines) is 1. The summed E-state index contributed by atoms with van der Waals surface area (Å²) < 4.78 is 33.6. The molecule has 4 amide bonds. The van der Waals surface area contributed by atoms with E-state index in [0.717, 1.165) is 5.56 Å². The largest absolute Gasteiger partial charge is 0.444 e. The van der Waals surface area contributed by atoms with E-state index in [9.17, 15) is 32.8 Å². The van der Waals surface area contributed by atoms with Gasteiger partial charge in [-0.1, -0.05) is 50.3 Å². The Morgan fingerprint density at radius 2 is 1.70 bits per heavy atom. The number of hydrogen-bond donors (Lipinski definition) is 3. The third-order valence-electron chi connectivity index (χ3n) is 9.76. The van der Waals surface area contributed by atoms with Gasteiger partial charge in [0.25, 0.3) is 5.91 Å². The lowest BCUT2D eigenvalue weighted by Gasteiger charge is -2.38. The van der Waals surface area contributed by atoms with Crippen molar-refractivity contribution < 1.29 is 37.5 Å². The van der Waals surface area contributed by atoms with Crippen molar-refractivity contribution in [1.82, 2.24) is 20.9 Å². The summed E-state index contributed by atoms with van der Waals surface area (Å²) >= 11 is 0. The van der Waals surface area contributed by atoms with E-state index in [1.165, 1.54) is 11.0 Å². The number of ketones is 1. The molecular weight excluding hydrogens is 610 g/mol. The number of benzene rings is 1. The van der Waals surface area contributed by atoms with E-state index in [1.807, 2.05) is 44.2 Å². The molecule has 1 aliphatic heterocycles. The number of nitrogens with one attached hydrogen (secondary N) is 3. The lowest BCUT2D eigenvalue weighted by molar-refractivity contribution is -0.145. The van der Waals surface area contributed by atoms with Crippen LogP contribution in [0.1, 0.15) is 72.3 Å². The highest BCUT2D eigenvalue weighted by Crippen LogP contribution is 2.65. The van der Waals surface area contributed by atoms with Crippen molar-refractivity contribution in [3.05, 3.63) is 48.6 Å². The van der Waals surface area contributed by atoms with Gasteiger partial charge in [0.05, 0.1) is 6.04 Å². The van der Waals surface area contributed by atoms with Crippen molar-refractivity contribution in [1.29, 1.82) is 0 Å². The molecule has 47 heavy (non-hydrogen) atoms. The number of rotatable bonds is 12. The van der Waals surface area contributed by atoms with Gasteiger partial charge in [-0.25, -0.2) is 13.6 Å². The van der Waals surface area contributed by atoms with Gasteiger partial charge < -0.3 is 25.6 Å². The number of carbonyl (C=O) groups is 5. The van der Waals surface area contributed by atoms with Crippen molar-refractivity contribution in [2.24, 2.45) is 23.2 Å². The second-order valence-electron chi connectivity index (χ2n) is 14.7. The summed E-state index contributed by atoms with van der Waals surface area (Å²) in [7, 11) is 0. The number of Topliss-reactive ketones (excluding diaryl/α,β-unsaturated/α-hetero) is 1. The molecule has 10 nitrogen and oxygen atoms in total. The Morgan fingerprint density at radius 3 is 2.30 bits per heavy atom. The van der Waals surface area contributed by atoms with Crippen molar-refractivity contribution in [2.45, 2.75) is 103 Å². The van der Waals surface area contributed by atoms with Gasteiger partial charge in [-0.3, -0.25) is 19.2 Å². The minimum Gasteiger partial charge on any atom is -0.444 e. The number of halogens is 2. The molecule has 5 atom stereocenters. The number of fused-ring (bicyclic) bond motifs is 1. The Balaban J connectivity index is 1.58. The number of nitrogens with zero attached hydrogens (tertiary/aromatic N) is 1. The van der Waals surface area contributed by atoms with E-state index in [-0.39, 0.29) is 49.6 Å². The maximum Gasteiger partial charge on any atom is 0.408 e. The molecular formula is C35H48F2N4O6. The van der Waals surface area contributed by atoms with Gasteiger partial charge in [-0.2, -0.15) is 0 Å². The first-order chi connectivity index (χ1) is 21.9. The molecule has 2 aliphatic carbocycles. The zero-order valence-corrected chi connectivity index (χ0v) is 27.9. The van der Waals surface area contributed by atoms with E-state index in [2.05, 4.69) is 22.5 Å². The summed E-state index contributed by atoms with van der Waals surface area (Å²) in [5.74, 6) is -6.49. The van der Waals surface area contributed by atoms with Crippen molar-refractivity contribution >= 4 is 29.6 Å². The molecule has 1 saturated heterocycles. The molecule has 3 unspecified atom stereocenters. The molecule has 3 N–H and O–H groups in total. The van der Waals surface area contributed by atoms with Gasteiger partial charge in [-0.05, 0) is 75.2 Å². The fraction of sp³-hybridized carbons (Fsp3) is 0.629. The van der Waals surface area contributed by atoms with Crippen LogP contribution in [0.2, 0.25) is 0 Å². The first kappa shape index (κ1) is 36.0. The van der Waals surface area contributed by atoms with Gasteiger partial charge in [0.15, 0.2) is 0 Å². The summed E-state index contributed by atoms with van der Waals surface area (Å²) in [6, 6.07) is 6.00. The fourth-order valence-corrected chi connectivity index (χ4v) is 7.10. The Kier molecular flexibility index (Phi) is 10.8. The monoisotopic (exact) mass is 658 g/mol. The Bertz CT molecular complexity index is 1350. The van der Waals surface area contributed by atoms with E-state index in [0.29, 0.717) is 6.42 Å². The molecule has 0 aromatic heterocycles. The molecule has 0 spiro atoms. The highest BCUT2D eigenvalue weighted by Gasteiger charge is 2.70. The maximum atomic E-state index is 14.3. The second kappa shape index (κ2) is 14.1. The molecule has 1 aromatic rings. The molecule has 3 fully saturated rings. The van der Waals surface area contributed by atoms with E-state index in [4.69, 9.17) is 4.74 Å². The molecule has 1 aromatic carbocycles. The standard InChI is InChI=1S/C35H48F2N4O6/c1-7-19-38-30(44)28(42)24(14-13-21-11-9-8-10-12-21)39-29(43)27-25-23(34(25,5)6)20-41(27)31(45)26(40-32(46)47-33(2,3)4)22-15-17-35(36,37)18-16-22/h7-12,22-27H,1,13-20H2,2-6H3,(H,38,44)(H,39,43)(H,40,46)/t23-,24?,25-,26?,27?/m0/s1. The predicted octanol–water partition coefficient (Wildman–Crippen LogP) is 4.18. The third kappa shape index (κ3) is 8.75. The Labute approximate surface area is 275 Å². The number of piperidine rings is 1. The minimum absolute atomic E-state index is 0.0120. The van der Waals surface area contributed by atoms with Gasteiger partial charge in [0.1, 0.15) is 17.7 Å². The molecule has 2 saturated carbocycles. The maximum absolute atomic E-state index is 14.3. The number of alkyl carbamates (subject to hydrolysis) is 1. The van der Waals surface area contributed by atoms with Crippen LogP contribution < -0.4 is 16.0 Å². The van der Waals surface area contributed by atoms with Crippen LogP contribution >= 0.6 is 0 Å². The van der Waals surface area contributed by atoms with Gasteiger partial charge in [0.2, 0.25) is 23.5 Å². The van der Waals surface area contributed by atoms with Crippen LogP contribution in [0.4, 0.5) is 13.6 Å². The van der Waals surface area contributed by atoms with Crippen molar-refractivity contribution in [3.8, 4) is 0 Å². The summed E-state index contributed by atoms with van der Waals surface area (Å²) in [5, 5.41) is 7.91. The number of alkyl halides is 2. The third-order valence-corrected chi connectivity index (χ3v) is 9.76. The average molecular weight is 659 g/mol. The number of aryl methyl sites for hydroxylation is 1.